The number of anilines is 2. The lowest BCUT2D eigenvalue weighted by Crippen LogP contribution is -2.24. The smallest absolute Gasteiger partial charge is 0.271 e. The molecule has 2 heterocycles. The van der Waals surface area contributed by atoms with Gasteiger partial charge in [0.2, 0.25) is 6.79 Å². The van der Waals surface area contributed by atoms with Crippen molar-refractivity contribution in [2.45, 2.75) is 20.4 Å². The maximum Gasteiger partial charge on any atom is 0.271 e. The van der Waals surface area contributed by atoms with E-state index in [-0.39, 0.29) is 18.4 Å². The molecular formula is C21H20N4O3. The van der Waals surface area contributed by atoms with Crippen LogP contribution in [0.1, 0.15) is 27.2 Å². The van der Waals surface area contributed by atoms with Crippen LogP contribution in [0.15, 0.2) is 48.8 Å². The molecule has 0 spiro atoms. The van der Waals surface area contributed by atoms with Crippen LogP contribution in [0.2, 0.25) is 0 Å². The zero-order valence-corrected chi connectivity index (χ0v) is 15.7. The van der Waals surface area contributed by atoms with E-state index in [0.717, 1.165) is 11.3 Å². The Labute approximate surface area is 162 Å². The first-order chi connectivity index (χ1) is 13.6. The van der Waals surface area contributed by atoms with Crippen LogP contribution in [0.5, 0.6) is 11.5 Å². The first-order valence-electron chi connectivity index (χ1n) is 8.91. The number of ether oxygens (including phenoxy) is 2. The molecule has 2 aromatic carbocycles. The Kier molecular flexibility index (Phi) is 4.80. The number of carbonyl (C=O) groups is 1. The van der Waals surface area contributed by atoms with Crippen LogP contribution < -0.4 is 20.1 Å². The van der Waals surface area contributed by atoms with Gasteiger partial charge in [-0.15, -0.1) is 0 Å². The highest BCUT2D eigenvalue weighted by Gasteiger charge is 2.14. The van der Waals surface area contributed by atoms with Gasteiger partial charge in [0.1, 0.15) is 11.5 Å². The third kappa shape index (κ3) is 3.88. The van der Waals surface area contributed by atoms with Gasteiger partial charge in [0, 0.05) is 12.2 Å². The number of hydrogen-bond acceptors (Lipinski definition) is 6. The molecular weight excluding hydrogens is 356 g/mol. The molecule has 0 radical (unpaired) electrons. The van der Waals surface area contributed by atoms with Gasteiger partial charge in [0.05, 0.1) is 12.4 Å². The van der Waals surface area contributed by atoms with Gasteiger partial charge in [0.15, 0.2) is 11.5 Å². The molecule has 0 aliphatic carbocycles. The van der Waals surface area contributed by atoms with Gasteiger partial charge in [-0.05, 0) is 54.8 Å². The van der Waals surface area contributed by atoms with Gasteiger partial charge in [-0.1, -0.05) is 12.1 Å². The highest BCUT2D eigenvalue weighted by atomic mass is 16.7. The first kappa shape index (κ1) is 17.8. The molecule has 1 amide bonds. The normalized spacial score (nSPS) is 11.9. The molecule has 142 valence electrons. The standard InChI is InChI=1S/C21H20N4O3/c1-13-3-5-16(7-14(13)2)25-20-11-22-17(10-23-20)21(26)24-9-15-4-6-18-19(8-15)28-12-27-18/h3-8,10-11H,9,12H2,1-2H3,(H,23,25)(H,24,26). The van der Waals surface area contributed by atoms with Crippen molar-refractivity contribution in [1.29, 1.82) is 0 Å². The molecule has 4 rings (SSSR count). The van der Waals surface area contributed by atoms with Crippen molar-refractivity contribution < 1.29 is 14.3 Å². The molecule has 1 aromatic heterocycles. The summed E-state index contributed by atoms with van der Waals surface area (Å²) in [5.74, 6) is 1.69. The van der Waals surface area contributed by atoms with E-state index in [1.54, 1.807) is 6.20 Å². The molecule has 0 bridgehead atoms. The minimum atomic E-state index is -0.289. The Balaban J connectivity index is 1.36. The molecule has 0 saturated carbocycles. The molecule has 0 atom stereocenters. The number of nitrogens with zero attached hydrogens (tertiary/aromatic N) is 2. The summed E-state index contributed by atoms with van der Waals surface area (Å²) in [5.41, 5.74) is 4.52. The summed E-state index contributed by atoms with van der Waals surface area (Å²) in [5, 5.41) is 6.02. The minimum absolute atomic E-state index is 0.225. The lowest BCUT2D eigenvalue weighted by Gasteiger charge is -2.09. The number of hydrogen-bond donors (Lipinski definition) is 2. The van der Waals surface area contributed by atoms with Crippen LogP contribution >= 0.6 is 0 Å². The molecule has 2 N–H and O–H groups in total. The summed E-state index contributed by atoms with van der Waals surface area (Å²) < 4.78 is 10.6. The van der Waals surface area contributed by atoms with Crippen LogP contribution in [-0.2, 0) is 6.54 Å². The number of aromatic nitrogens is 2. The maximum atomic E-state index is 12.3. The van der Waals surface area contributed by atoms with Crippen LogP contribution in [-0.4, -0.2) is 22.7 Å². The quantitative estimate of drug-likeness (QED) is 0.709. The summed E-state index contributed by atoms with van der Waals surface area (Å²) in [6.45, 7) is 4.71. The van der Waals surface area contributed by atoms with Crippen molar-refractivity contribution in [3.63, 3.8) is 0 Å². The largest absolute Gasteiger partial charge is 0.454 e. The van der Waals surface area contributed by atoms with Gasteiger partial charge in [-0.2, -0.15) is 0 Å². The summed E-state index contributed by atoms with van der Waals surface area (Å²) in [7, 11) is 0. The van der Waals surface area contributed by atoms with Crippen molar-refractivity contribution >= 4 is 17.4 Å². The van der Waals surface area contributed by atoms with E-state index in [1.165, 1.54) is 17.3 Å². The number of amides is 1. The predicted molar refractivity (Wildman–Crippen MR) is 105 cm³/mol. The molecule has 1 aliphatic rings. The Morgan fingerprint density at radius 1 is 1.00 bits per heavy atom. The van der Waals surface area contributed by atoms with Gasteiger partial charge in [-0.25, -0.2) is 9.97 Å². The fraction of sp³-hybridized carbons (Fsp3) is 0.190. The van der Waals surface area contributed by atoms with E-state index in [9.17, 15) is 4.79 Å². The van der Waals surface area contributed by atoms with Crippen LogP contribution in [0.3, 0.4) is 0 Å². The van der Waals surface area contributed by atoms with Crippen molar-refractivity contribution in [1.82, 2.24) is 15.3 Å². The number of fused-ring (bicyclic) bond motifs is 1. The Hall–Kier alpha value is -3.61. The highest BCUT2D eigenvalue weighted by molar-refractivity contribution is 5.92. The molecule has 7 heteroatoms. The third-order valence-electron chi connectivity index (χ3n) is 4.55. The molecule has 0 unspecified atom stereocenters. The zero-order chi connectivity index (χ0) is 19.5. The maximum absolute atomic E-state index is 12.3. The number of benzene rings is 2. The van der Waals surface area contributed by atoms with Crippen molar-refractivity contribution in [3.8, 4) is 11.5 Å². The highest BCUT2D eigenvalue weighted by Crippen LogP contribution is 2.32. The van der Waals surface area contributed by atoms with Gasteiger partial charge in [0.25, 0.3) is 5.91 Å². The summed E-state index contributed by atoms with van der Waals surface area (Å²) in [6.07, 6.45) is 3.00. The average molecular weight is 376 g/mol. The van der Waals surface area contributed by atoms with E-state index in [4.69, 9.17) is 9.47 Å². The summed E-state index contributed by atoms with van der Waals surface area (Å²) >= 11 is 0. The predicted octanol–water partition coefficient (Wildman–Crippen LogP) is 3.50. The number of carbonyl (C=O) groups excluding carboxylic acids is 1. The van der Waals surface area contributed by atoms with Crippen LogP contribution in [0.4, 0.5) is 11.5 Å². The third-order valence-corrected chi connectivity index (χ3v) is 4.55. The molecule has 0 saturated heterocycles. The second-order valence-electron chi connectivity index (χ2n) is 6.58. The fourth-order valence-electron chi connectivity index (χ4n) is 2.80. The van der Waals surface area contributed by atoms with Crippen molar-refractivity contribution in [3.05, 3.63) is 71.2 Å². The number of aryl methyl sites for hydroxylation is 2. The Morgan fingerprint density at radius 2 is 1.86 bits per heavy atom. The average Bonchev–Trinajstić information content (AvgIpc) is 3.17. The Morgan fingerprint density at radius 3 is 2.64 bits per heavy atom. The first-order valence-corrected chi connectivity index (χ1v) is 8.91. The van der Waals surface area contributed by atoms with Crippen LogP contribution in [0, 0.1) is 13.8 Å². The van der Waals surface area contributed by atoms with E-state index < -0.39 is 0 Å². The zero-order valence-electron chi connectivity index (χ0n) is 15.7. The molecule has 28 heavy (non-hydrogen) atoms. The van der Waals surface area contributed by atoms with Crippen molar-refractivity contribution in [2.24, 2.45) is 0 Å². The Bertz CT molecular complexity index is 1020. The van der Waals surface area contributed by atoms with Gasteiger partial charge < -0.3 is 20.1 Å². The molecule has 7 nitrogen and oxygen atoms in total. The second kappa shape index (κ2) is 7.56. The van der Waals surface area contributed by atoms with Crippen molar-refractivity contribution in [2.75, 3.05) is 12.1 Å². The number of nitrogens with one attached hydrogen (secondary N) is 2. The van der Waals surface area contributed by atoms with Crippen LogP contribution in [0.25, 0.3) is 0 Å². The van der Waals surface area contributed by atoms with E-state index in [1.807, 2.05) is 36.4 Å². The SMILES string of the molecule is Cc1ccc(Nc2cnc(C(=O)NCc3ccc4c(c3)OCO4)cn2)cc1C. The second-order valence-corrected chi connectivity index (χ2v) is 6.58. The monoisotopic (exact) mass is 376 g/mol. The molecule has 3 aromatic rings. The lowest BCUT2D eigenvalue weighted by molar-refractivity contribution is 0.0945. The van der Waals surface area contributed by atoms with Gasteiger partial charge >= 0.3 is 0 Å². The summed E-state index contributed by atoms with van der Waals surface area (Å²) in [6, 6.07) is 11.6. The summed E-state index contributed by atoms with van der Waals surface area (Å²) in [4.78, 5) is 20.8. The van der Waals surface area contributed by atoms with E-state index >= 15 is 0 Å². The van der Waals surface area contributed by atoms with E-state index in [0.29, 0.717) is 23.9 Å². The topological polar surface area (TPSA) is 85.4 Å². The lowest BCUT2D eigenvalue weighted by atomic mass is 10.1. The van der Waals surface area contributed by atoms with Gasteiger partial charge in [-0.3, -0.25) is 4.79 Å². The fourth-order valence-corrected chi connectivity index (χ4v) is 2.80. The van der Waals surface area contributed by atoms with E-state index in [2.05, 4.69) is 34.4 Å². The molecule has 1 aliphatic heterocycles. The minimum Gasteiger partial charge on any atom is -0.454 e. The molecule has 0 fully saturated rings. The number of rotatable bonds is 5.